The molecule has 0 aliphatic rings. The number of hydrogen-bond acceptors (Lipinski definition) is 4. The van der Waals surface area contributed by atoms with Crippen LogP contribution in [0, 0.1) is 0 Å². The van der Waals surface area contributed by atoms with Gasteiger partial charge in [-0.2, -0.15) is 0 Å². The van der Waals surface area contributed by atoms with Gasteiger partial charge in [-0.05, 0) is 18.6 Å². The lowest BCUT2D eigenvalue weighted by Crippen LogP contribution is -2.04. The van der Waals surface area contributed by atoms with E-state index in [-0.39, 0.29) is 12.4 Å². The monoisotopic (exact) mass is 283 g/mol. The van der Waals surface area contributed by atoms with Gasteiger partial charge in [-0.1, -0.05) is 42.8 Å². The van der Waals surface area contributed by atoms with E-state index in [2.05, 4.69) is 17.2 Å². The molecule has 108 valence electrons. The number of rotatable bonds is 4. The molecule has 0 radical (unpaired) electrons. The number of aliphatic hydroxyl groups excluding tert-OH is 1. The van der Waals surface area contributed by atoms with Gasteiger partial charge >= 0.3 is 0 Å². The first-order valence-electron chi connectivity index (χ1n) is 7.01. The molecule has 0 saturated heterocycles. The van der Waals surface area contributed by atoms with E-state index in [1.807, 2.05) is 30.3 Å². The van der Waals surface area contributed by atoms with Crippen LogP contribution in [0.25, 0.3) is 16.5 Å². The Morgan fingerprint density at radius 2 is 1.86 bits per heavy atom. The van der Waals surface area contributed by atoms with Crippen LogP contribution >= 0.6 is 0 Å². The van der Waals surface area contributed by atoms with E-state index >= 15 is 0 Å². The van der Waals surface area contributed by atoms with Crippen molar-refractivity contribution in [3.05, 3.63) is 47.8 Å². The molecule has 2 N–H and O–H groups in total. The van der Waals surface area contributed by atoms with Crippen LogP contribution in [-0.2, 0) is 13.0 Å². The lowest BCUT2D eigenvalue weighted by atomic mass is 10.1. The molecule has 0 bridgehead atoms. The molecule has 0 saturated carbocycles. The minimum Gasteiger partial charge on any atom is -0.507 e. The van der Waals surface area contributed by atoms with E-state index in [1.54, 1.807) is 10.7 Å². The Bertz CT molecular complexity index is 780. The summed E-state index contributed by atoms with van der Waals surface area (Å²) in [6, 6.07) is 11.1. The van der Waals surface area contributed by atoms with Gasteiger partial charge in [0, 0.05) is 10.8 Å². The molecule has 1 aromatic heterocycles. The fraction of sp³-hybridized carbons (Fsp3) is 0.250. The molecule has 21 heavy (non-hydrogen) atoms. The number of benzene rings is 2. The molecule has 0 aliphatic heterocycles. The fourth-order valence-corrected chi connectivity index (χ4v) is 2.60. The molecule has 0 aliphatic carbocycles. The Morgan fingerprint density at radius 3 is 2.62 bits per heavy atom. The van der Waals surface area contributed by atoms with Crippen molar-refractivity contribution in [2.45, 2.75) is 26.4 Å². The van der Waals surface area contributed by atoms with E-state index in [4.69, 9.17) is 0 Å². The second kappa shape index (κ2) is 5.54. The Labute approximate surface area is 122 Å². The number of aromatic nitrogens is 3. The topological polar surface area (TPSA) is 71.2 Å². The Balaban J connectivity index is 2.26. The zero-order valence-corrected chi connectivity index (χ0v) is 11.8. The molecule has 2 aromatic carbocycles. The van der Waals surface area contributed by atoms with Crippen molar-refractivity contribution in [3.8, 4) is 11.4 Å². The van der Waals surface area contributed by atoms with Gasteiger partial charge in [-0.25, -0.2) is 4.68 Å². The van der Waals surface area contributed by atoms with Crippen molar-refractivity contribution in [1.82, 2.24) is 15.0 Å². The summed E-state index contributed by atoms with van der Waals surface area (Å²) in [6.45, 7) is 1.96. The highest BCUT2D eigenvalue weighted by Crippen LogP contribution is 2.29. The maximum atomic E-state index is 9.98. The summed E-state index contributed by atoms with van der Waals surface area (Å²) in [5, 5.41) is 29.3. The van der Waals surface area contributed by atoms with Gasteiger partial charge in [0.05, 0.1) is 18.0 Å². The van der Waals surface area contributed by atoms with E-state index in [0.717, 1.165) is 35.0 Å². The normalized spacial score (nSPS) is 11.1. The Morgan fingerprint density at radius 1 is 1.10 bits per heavy atom. The van der Waals surface area contributed by atoms with Crippen molar-refractivity contribution in [2.24, 2.45) is 0 Å². The van der Waals surface area contributed by atoms with Gasteiger partial charge in [0.2, 0.25) is 0 Å². The summed E-state index contributed by atoms with van der Waals surface area (Å²) in [5.41, 5.74) is 2.38. The minimum atomic E-state index is -0.120. The molecule has 1 heterocycles. The lowest BCUT2D eigenvalue weighted by Gasteiger charge is -2.10. The van der Waals surface area contributed by atoms with Crippen molar-refractivity contribution in [2.75, 3.05) is 0 Å². The highest BCUT2D eigenvalue weighted by Gasteiger charge is 2.15. The summed E-state index contributed by atoms with van der Waals surface area (Å²) >= 11 is 0. The molecule has 5 nitrogen and oxygen atoms in total. The molecule has 0 atom stereocenters. The Hall–Kier alpha value is -2.40. The maximum Gasteiger partial charge on any atom is 0.123 e. The lowest BCUT2D eigenvalue weighted by molar-refractivity contribution is 0.275. The molecule has 0 fully saturated rings. The van der Waals surface area contributed by atoms with Gasteiger partial charge in [0.1, 0.15) is 11.4 Å². The van der Waals surface area contributed by atoms with E-state index in [0.29, 0.717) is 5.69 Å². The highest BCUT2D eigenvalue weighted by atomic mass is 16.3. The number of aliphatic hydroxyl groups is 1. The summed E-state index contributed by atoms with van der Waals surface area (Å²) in [5.74, 6) is 0.244. The van der Waals surface area contributed by atoms with Crippen LogP contribution < -0.4 is 0 Å². The van der Waals surface area contributed by atoms with E-state index in [9.17, 15) is 10.2 Å². The maximum absolute atomic E-state index is 9.98. The summed E-state index contributed by atoms with van der Waals surface area (Å²) < 4.78 is 1.76. The summed E-state index contributed by atoms with van der Waals surface area (Å²) in [6.07, 6.45) is 1.73. The van der Waals surface area contributed by atoms with Gasteiger partial charge < -0.3 is 10.2 Å². The van der Waals surface area contributed by atoms with Crippen molar-refractivity contribution >= 4 is 10.8 Å². The largest absolute Gasteiger partial charge is 0.507 e. The average Bonchev–Trinajstić information content (AvgIpc) is 2.90. The zero-order chi connectivity index (χ0) is 14.8. The van der Waals surface area contributed by atoms with Crippen molar-refractivity contribution in [1.29, 1.82) is 0 Å². The number of nitrogens with zero attached hydrogens (tertiary/aromatic N) is 3. The molecule has 0 spiro atoms. The molecule has 3 aromatic rings. The number of phenols is 1. The van der Waals surface area contributed by atoms with E-state index < -0.39 is 0 Å². The first-order valence-corrected chi connectivity index (χ1v) is 7.01. The number of aromatic hydroxyl groups is 1. The first kappa shape index (κ1) is 13.6. The van der Waals surface area contributed by atoms with Gasteiger partial charge in [-0.3, -0.25) is 0 Å². The predicted octanol–water partition coefficient (Wildman–Crippen LogP) is 2.57. The minimum absolute atomic E-state index is 0.120. The van der Waals surface area contributed by atoms with Crippen molar-refractivity contribution in [3.63, 3.8) is 0 Å². The third-order valence-electron chi connectivity index (χ3n) is 3.58. The van der Waals surface area contributed by atoms with Crippen LogP contribution in [0.2, 0.25) is 0 Å². The molecule has 0 unspecified atom stereocenters. The zero-order valence-electron chi connectivity index (χ0n) is 11.8. The molecular weight excluding hydrogens is 266 g/mol. The van der Waals surface area contributed by atoms with Crippen LogP contribution in [0.4, 0.5) is 0 Å². The van der Waals surface area contributed by atoms with Gasteiger partial charge in [0.15, 0.2) is 0 Å². The third-order valence-corrected chi connectivity index (χ3v) is 3.58. The number of phenolic OH excluding ortho intramolecular Hbond substituents is 1. The van der Waals surface area contributed by atoms with Gasteiger partial charge in [-0.15, -0.1) is 5.10 Å². The second-order valence-electron chi connectivity index (χ2n) is 4.95. The van der Waals surface area contributed by atoms with Crippen LogP contribution in [-0.4, -0.2) is 25.2 Å². The first-order chi connectivity index (χ1) is 10.3. The average molecular weight is 283 g/mol. The van der Waals surface area contributed by atoms with Gasteiger partial charge in [0.25, 0.3) is 0 Å². The smallest absolute Gasteiger partial charge is 0.123 e. The molecule has 5 heteroatoms. The summed E-state index contributed by atoms with van der Waals surface area (Å²) in [4.78, 5) is 0. The third kappa shape index (κ3) is 2.25. The summed E-state index contributed by atoms with van der Waals surface area (Å²) in [7, 11) is 0. The quantitative estimate of drug-likeness (QED) is 0.772. The SMILES string of the molecule is CCCc1c(CO)nnn1-c1cccc2c(O)cccc12. The predicted molar refractivity (Wildman–Crippen MR) is 80.4 cm³/mol. The van der Waals surface area contributed by atoms with Crippen LogP contribution in [0.3, 0.4) is 0 Å². The molecule has 0 amide bonds. The Kier molecular flexibility index (Phi) is 3.58. The standard InChI is InChI=1S/C16H17N3O2/c1-2-5-15-13(10-20)17-18-19(15)14-8-3-7-12-11(14)6-4-9-16(12)21/h3-4,6-9,20-21H,2,5,10H2,1H3. The van der Waals surface area contributed by atoms with Crippen LogP contribution in [0.5, 0.6) is 5.75 Å². The fourth-order valence-electron chi connectivity index (χ4n) is 2.60. The van der Waals surface area contributed by atoms with Crippen LogP contribution in [0.15, 0.2) is 36.4 Å². The van der Waals surface area contributed by atoms with Crippen LogP contribution in [0.1, 0.15) is 24.7 Å². The molecule has 3 rings (SSSR count). The number of hydrogen-bond donors (Lipinski definition) is 2. The highest BCUT2D eigenvalue weighted by molar-refractivity contribution is 5.94. The van der Waals surface area contributed by atoms with Crippen molar-refractivity contribution < 1.29 is 10.2 Å². The second-order valence-corrected chi connectivity index (χ2v) is 4.95. The number of fused-ring (bicyclic) bond motifs is 1. The molecular formula is C16H17N3O2. The van der Waals surface area contributed by atoms with E-state index in [1.165, 1.54) is 0 Å².